The van der Waals surface area contributed by atoms with Crippen molar-refractivity contribution >= 4 is 11.9 Å². The summed E-state index contributed by atoms with van der Waals surface area (Å²) in [4.78, 5) is 21.5. The minimum atomic E-state index is -5.86. The second kappa shape index (κ2) is 5.93. The number of carboxylic acid groups (broad SMARTS) is 1. The number of nitrogens with one attached hydrogen (secondary N) is 1. The van der Waals surface area contributed by atoms with Crippen LogP contribution in [0, 0.1) is 5.92 Å². The van der Waals surface area contributed by atoms with Crippen molar-refractivity contribution in [3.63, 3.8) is 0 Å². The van der Waals surface area contributed by atoms with E-state index in [9.17, 15) is 35.9 Å². The lowest BCUT2D eigenvalue weighted by Crippen LogP contribution is -2.52. The fourth-order valence-corrected chi connectivity index (χ4v) is 1.13. The highest BCUT2D eigenvalue weighted by Gasteiger charge is 2.61. The number of rotatable bonds is 5. The number of amides is 1. The molecule has 0 radical (unpaired) electrons. The normalized spacial score (nSPS) is 14.1. The van der Waals surface area contributed by atoms with Gasteiger partial charge in [0.1, 0.15) is 6.04 Å². The molecule has 0 aliphatic carbocycles. The number of aliphatic carboxylic acids is 1. The molecule has 1 amide bonds. The SMILES string of the molecule is C=CCC(NC(=O)C(C(F)(F)F)C(F)(F)F)C(=O)O. The third-order valence-electron chi connectivity index (χ3n) is 1.93. The van der Waals surface area contributed by atoms with Gasteiger partial charge in [-0.15, -0.1) is 6.58 Å². The van der Waals surface area contributed by atoms with Crippen LogP contribution in [0.15, 0.2) is 12.7 Å². The monoisotopic (exact) mass is 293 g/mol. The van der Waals surface area contributed by atoms with Gasteiger partial charge in [0.2, 0.25) is 11.8 Å². The lowest BCUT2D eigenvalue weighted by atomic mass is 10.1. The Hall–Kier alpha value is -1.74. The number of alkyl halides is 6. The average molecular weight is 293 g/mol. The maximum atomic E-state index is 12.2. The molecule has 0 aromatic heterocycles. The van der Waals surface area contributed by atoms with Crippen molar-refractivity contribution in [2.24, 2.45) is 5.92 Å². The molecule has 10 heteroatoms. The molecule has 0 aliphatic heterocycles. The maximum absolute atomic E-state index is 12.2. The molecule has 0 aliphatic rings. The van der Waals surface area contributed by atoms with Gasteiger partial charge in [0.25, 0.3) is 0 Å². The van der Waals surface area contributed by atoms with Gasteiger partial charge in [0, 0.05) is 0 Å². The van der Waals surface area contributed by atoms with Gasteiger partial charge >= 0.3 is 18.3 Å². The van der Waals surface area contributed by atoms with Crippen molar-refractivity contribution in [3.05, 3.63) is 12.7 Å². The summed E-state index contributed by atoms with van der Waals surface area (Å²) in [5.41, 5.74) is 0. The molecule has 0 bridgehead atoms. The molecular formula is C9H9F6NO3. The lowest BCUT2D eigenvalue weighted by Gasteiger charge is -2.23. The summed E-state index contributed by atoms with van der Waals surface area (Å²) in [7, 11) is 0. The molecule has 110 valence electrons. The summed E-state index contributed by atoms with van der Waals surface area (Å²) >= 11 is 0. The van der Waals surface area contributed by atoms with Crippen LogP contribution in [-0.2, 0) is 9.59 Å². The molecule has 1 unspecified atom stereocenters. The summed E-state index contributed by atoms with van der Waals surface area (Å²) in [6, 6.07) is -1.91. The first-order valence-electron chi connectivity index (χ1n) is 4.68. The van der Waals surface area contributed by atoms with Gasteiger partial charge < -0.3 is 10.4 Å². The predicted molar refractivity (Wildman–Crippen MR) is 50.0 cm³/mol. The molecule has 2 N–H and O–H groups in total. The molecule has 1 atom stereocenters. The maximum Gasteiger partial charge on any atom is 0.409 e. The van der Waals surface area contributed by atoms with Crippen molar-refractivity contribution < 1.29 is 41.0 Å². The predicted octanol–water partition coefficient (Wildman–Crippen LogP) is 1.87. The van der Waals surface area contributed by atoms with Crippen molar-refractivity contribution in [2.45, 2.75) is 24.8 Å². The highest BCUT2D eigenvalue weighted by Crippen LogP contribution is 2.39. The van der Waals surface area contributed by atoms with E-state index in [-0.39, 0.29) is 0 Å². The topological polar surface area (TPSA) is 66.4 Å². The molecule has 0 rings (SSSR count). The number of halogens is 6. The second-order valence-corrected chi connectivity index (χ2v) is 3.44. The smallest absolute Gasteiger partial charge is 0.409 e. The van der Waals surface area contributed by atoms with E-state index in [1.54, 1.807) is 0 Å². The molecule has 4 nitrogen and oxygen atoms in total. The highest BCUT2D eigenvalue weighted by molar-refractivity contribution is 5.86. The van der Waals surface area contributed by atoms with Gasteiger partial charge in [-0.05, 0) is 6.42 Å². The van der Waals surface area contributed by atoms with Crippen LogP contribution >= 0.6 is 0 Å². The minimum absolute atomic E-state index is 0.510. The molecular weight excluding hydrogens is 284 g/mol. The summed E-state index contributed by atoms with van der Waals surface area (Å²) in [5.74, 6) is -8.50. The van der Waals surface area contributed by atoms with Crippen LogP contribution in [0.25, 0.3) is 0 Å². The molecule has 0 spiro atoms. The molecule has 19 heavy (non-hydrogen) atoms. The molecule has 0 fully saturated rings. The van der Waals surface area contributed by atoms with Gasteiger partial charge in [-0.2, -0.15) is 26.3 Å². The van der Waals surface area contributed by atoms with Crippen LogP contribution in [0.2, 0.25) is 0 Å². The van der Waals surface area contributed by atoms with Gasteiger partial charge in [-0.1, -0.05) is 6.08 Å². The number of hydrogen-bond donors (Lipinski definition) is 2. The Kier molecular flexibility index (Phi) is 5.39. The zero-order valence-electron chi connectivity index (χ0n) is 9.18. The summed E-state index contributed by atoms with van der Waals surface area (Å²) in [6.07, 6.45) is -11.3. The first-order chi connectivity index (χ1) is 8.41. The Morgan fingerprint density at radius 1 is 1.16 bits per heavy atom. The lowest BCUT2D eigenvalue weighted by molar-refractivity contribution is -0.274. The van der Waals surface area contributed by atoms with E-state index in [4.69, 9.17) is 5.11 Å². The van der Waals surface area contributed by atoms with Gasteiger partial charge in [0.15, 0.2) is 0 Å². The standard InChI is InChI=1S/C9H9F6NO3/c1-2-3-4(7(18)19)16-6(17)5(8(10,11)12)9(13,14)15/h2,4-5H,1,3H2,(H,16,17)(H,18,19). The van der Waals surface area contributed by atoms with Crippen LogP contribution in [0.4, 0.5) is 26.3 Å². The number of hydrogen-bond acceptors (Lipinski definition) is 2. The van der Waals surface area contributed by atoms with Crippen LogP contribution in [0.3, 0.4) is 0 Å². The van der Waals surface area contributed by atoms with Crippen LogP contribution in [0.1, 0.15) is 6.42 Å². The quantitative estimate of drug-likeness (QED) is 0.601. The largest absolute Gasteiger partial charge is 0.480 e. The summed E-state index contributed by atoms with van der Waals surface area (Å²) in [5, 5.41) is 9.70. The molecule has 0 aromatic carbocycles. The van der Waals surface area contributed by atoms with Crippen molar-refractivity contribution in [3.8, 4) is 0 Å². The molecule has 0 aromatic rings. The van der Waals surface area contributed by atoms with E-state index >= 15 is 0 Å². The molecule has 0 saturated carbocycles. The Morgan fingerprint density at radius 2 is 1.58 bits per heavy atom. The van der Waals surface area contributed by atoms with Crippen molar-refractivity contribution in [1.82, 2.24) is 5.32 Å². The highest BCUT2D eigenvalue weighted by atomic mass is 19.4. The zero-order valence-corrected chi connectivity index (χ0v) is 9.18. The summed E-state index contributed by atoms with van der Waals surface area (Å²) < 4.78 is 72.9. The third-order valence-corrected chi connectivity index (χ3v) is 1.93. The number of carboxylic acids is 1. The van der Waals surface area contributed by atoms with E-state index in [1.165, 1.54) is 5.32 Å². The Bertz CT molecular complexity index is 348. The number of carbonyl (C=O) groups is 2. The van der Waals surface area contributed by atoms with Crippen LogP contribution in [0.5, 0.6) is 0 Å². The van der Waals surface area contributed by atoms with Crippen molar-refractivity contribution in [1.29, 1.82) is 0 Å². The Labute approximate surface area is 103 Å². The van der Waals surface area contributed by atoms with E-state index in [0.717, 1.165) is 6.08 Å². The third kappa shape index (κ3) is 5.18. The first-order valence-corrected chi connectivity index (χ1v) is 4.68. The average Bonchev–Trinajstić information content (AvgIpc) is 2.11. The van der Waals surface area contributed by atoms with Gasteiger partial charge in [0.05, 0.1) is 0 Å². The van der Waals surface area contributed by atoms with E-state index in [2.05, 4.69) is 6.58 Å². The number of carbonyl (C=O) groups excluding carboxylic acids is 1. The summed E-state index contributed by atoms with van der Waals surface area (Å²) in [6.45, 7) is 3.07. The fourth-order valence-electron chi connectivity index (χ4n) is 1.13. The van der Waals surface area contributed by atoms with E-state index in [0.29, 0.717) is 0 Å². The fraction of sp³-hybridized carbons (Fsp3) is 0.556. The zero-order chi connectivity index (χ0) is 15.4. The minimum Gasteiger partial charge on any atom is -0.480 e. The Morgan fingerprint density at radius 3 is 1.84 bits per heavy atom. The van der Waals surface area contributed by atoms with E-state index < -0.39 is 42.6 Å². The van der Waals surface area contributed by atoms with Gasteiger partial charge in [-0.25, -0.2) is 4.79 Å². The van der Waals surface area contributed by atoms with Crippen molar-refractivity contribution in [2.75, 3.05) is 0 Å². The van der Waals surface area contributed by atoms with E-state index in [1.807, 2.05) is 0 Å². The van der Waals surface area contributed by atoms with Crippen LogP contribution in [-0.4, -0.2) is 35.4 Å². The first kappa shape index (κ1) is 17.3. The Balaban J connectivity index is 5.13. The van der Waals surface area contributed by atoms with Gasteiger partial charge in [-0.3, -0.25) is 4.79 Å². The second-order valence-electron chi connectivity index (χ2n) is 3.44. The molecule has 0 saturated heterocycles. The molecule has 0 heterocycles. The van der Waals surface area contributed by atoms with Crippen LogP contribution < -0.4 is 5.32 Å².